The Labute approximate surface area is 304 Å². The molecule has 2 heterocycles. The molecule has 0 bridgehead atoms. The monoisotopic (exact) mass is 712 g/mol. The fourth-order valence-electron chi connectivity index (χ4n) is 6.14. The minimum absolute atomic E-state index is 0.0357. The van der Waals surface area contributed by atoms with E-state index in [2.05, 4.69) is 35.8 Å². The molecular weight excluding hydrogens is 639 g/mol. The minimum atomic E-state index is -0.914. The number of β-lactam (4-membered cyclic amide) rings is 1. The number of Topliss-reactive ketones (excluding diaryl/α,β-unsaturated/α-hetero) is 1. The lowest BCUT2D eigenvalue weighted by Crippen LogP contribution is -2.79. The maximum Gasteiger partial charge on any atom is 0.289 e. The molecular formula is C38H73N5O5S. The lowest BCUT2D eigenvalue weighted by molar-refractivity contribution is -0.171. The molecule has 4 fully saturated rings. The van der Waals surface area contributed by atoms with Gasteiger partial charge in [-0.3, -0.25) is 24.0 Å². The summed E-state index contributed by atoms with van der Waals surface area (Å²) in [6, 6.07) is -1.90. The highest BCUT2D eigenvalue weighted by atomic mass is 32.2. The number of hydrogen-bond acceptors (Lipinski definition) is 7. The smallest absolute Gasteiger partial charge is 0.289 e. The zero-order chi connectivity index (χ0) is 38.0. The van der Waals surface area contributed by atoms with Gasteiger partial charge in [-0.15, -0.1) is 6.58 Å². The van der Waals surface area contributed by atoms with E-state index in [-0.39, 0.29) is 36.5 Å². The molecule has 0 aromatic rings. The van der Waals surface area contributed by atoms with Gasteiger partial charge in [-0.05, 0) is 38.0 Å². The maximum atomic E-state index is 13.5. The van der Waals surface area contributed by atoms with Crippen molar-refractivity contribution < 1.29 is 24.0 Å². The Hall–Kier alpha value is -2.40. The average Bonchev–Trinajstić information content (AvgIpc) is 3.83. The predicted octanol–water partition coefficient (Wildman–Crippen LogP) is 6.83. The lowest BCUT2D eigenvalue weighted by atomic mass is 9.69. The Kier molecular flexibility index (Phi) is 28.1. The van der Waals surface area contributed by atoms with E-state index in [0.29, 0.717) is 31.7 Å². The third kappa shape index (κ3) is 14.8. The number of hydrogen-bond donors (Lipinski definition) is 3. The topological polar surface area (TPSA) is 128 Å². The second kappa shape index (κ2) is 28.3. The quantitative estimate of drug-likeness (QED) is 0.0828. The molecule has 0 aromatic heterocycles. The second-order valence-corrected chi connectivity index (χ2v) is 12.7. The van der Waals surface area contributed by atoms with Gasteiger partial charge in [0.1, 0.15) is 18.6 Å². The third-order valence-electron chi connectivity index (χ3n) is 8.35. The molecule has 2 saturated carbocycles. The highest BCUT2D eigenvalue weighted by Crippen LogP contribution is 2.45. The Balaban J connectivity index is 0. The standard InChI is InChI=1S/C27H41N5O5S.C3H8.4C2H6/c1-3-14-28-25(36)22(34)19(16-18-10-11-18)29-24(35)20-9-8-15-31(20)21(33)17-32-26(37)23(30-38-4-2)27(32)12-6-5-7-13-27;1-3-2;4*1-2/h3,18-20,23,30H,1,4-17H2,2H3,(H,28,36)(H,29,35);3H2,1-2H3;4*1-2H3. The van der Waals surface area contributed by atoms with Gasteiger partial charge in [-0.1, -0.05) is 133 Å². The van der Waals surface area contributed by atoms with Crippen molar-refractivity contribution in [2.24, 2.45) is 5.92 Å². The van der Waals surface area contributed by atoms with Crippen LogP contribution in [0.4, 0.5) is 0 Å². The normalized spacial score (nSPS) is 20.3. The summed E-state index contributed by atoms with van der Waals surface area (Å²) in [7, 11) is 0. The van der Waals surface area contributed by atoms with Gasteiger partial charge in [0.05, 0.1) is 11.6 Å². The van der Waals surface area contributed by atoms with E-state index < -0.39 is 29.7 Å². The summed E-state index contributed by atoms with van der Waals surface area (Å²) in [4.78, 5) is 68.2. The first kappa shape index (κ1) is 48.7. The fourth-order valence-corrected chi connectivity index (χ4v) is 6.79. The van der Waals surface area contributed by atoms with E-state index in [4.69, 9.17) is 0 Å². The van der Waals surface area contributed by atoms with Crippen molar-refractivity contribution in [1.29, 1.82) is 0 Å². The van der Waals surface area contributed by atoms with Crippen LogP contribution in [-0.2, 0) is 24.0 Å². The molecule has 49 heavy (non-hydrogen) atoms. The summed E-state index contributed by atoms with van der Waals surface area (Å²) in [6.07, 6.45) is 11.2. The van der Waals surface area contributed by atoms with Crippen molar-refractivity contribution in [1.82, 2.24) is 25.2 Å². The van der Waals surface area contributed by atoms with Crippen molar-refractivity contribution >= 4 is 41.4 Å². The molecule has 2 aliphatic heterocycles. The lowest BCUT2D eigenvalue weighted by Gasteiger charge is -2.59. The van der Waals surface area contributed by atoms with Gasteiger partial charge in [0.15, 0.2) is 0 Å². The number of nitrogens with zero attached hydrogens (tertiary/aromatic N) is 2. The van der Waals surface area contributed by atoms with E-state index in [1.807, 2.05) is 62.3 Å². The zero-order valence-corrected chi connectivity index (χ0v) is 33.9. The van der Waals surface area contributed by atoms with Crippen LogP contribution in [0.25, 0.3) is 0 Å². The summed E-state index contributed by atoms with van der Waals surface area (Å²) >= 11 is 1.53. The molecule has 3 atom stereocenters. The number of carbonyl (C=O) groups is 5. The molecule has 2 aliphatic carbocycles. The van der Waals surface area contributed by atoms with Crippen molar-refractivity contribution in [3.63, 3.8) is 0 Å². The minimum Gasteiger partial charge on any atom is -0.346 e. The summed E-state index contributed by atoms with van der Waals surface area (Å²) < 4.78 is 3.32. The molecule has 286 valence electrons. The largest absolute Gasteiger partial charge is 0.346 e. The second-order valence-electron chi connectivity index (χ2n) is 11.6. The number of rotatable bonds is 13. The predicted molar refractivity (Wildman–Crippen MR) is 206 cm³/mol. The molecule has 0 aromatic carbocycles. The van der Waals surface area contributed by atoms with E-state index in [1.54, 1.807) is 9.80 Å². The Morgan fingerprint density at radius 3 is 2.00 bits per heavy atom. The van der Waals surface area contributed by atoms with Crippen LogP contribution in [0.3, 0.4) is 0 Å². The highest BCUT2D eigenvalue weighted by molar-refractivity contribution is 7.97. The van der Waals surface area contributed by atoms with Crippen LogP contribution in [-0.4, -0.2) is 88.3 Å². The van der Waals surface area contributed by atoms with Gasteiger partial charge < -0.3 is 20.4 Å². The molecule has 4 amide bonds. The molecule has 2 saturated heterocycles. The molecule has 0 radical (unpaired) electrons. The van der Waals surface area contributed by atoms with Gasteiger partial charge in [0, 0.05) is 18.8 Å². The number of nitrogens with one attached hydrogen (secondary N) is 3. The van der Waals surface area contributed by atoms with Gasteiger partial charge in [0.25, 0.3) is 5.91 Å². The molecule has 3 unspecified atom stereocenters. The zero-order valence-electron chi connectivity index (χ0n) is 33.0. The first-order valence-corrected chi connectivity index (χ1v) is 20.4. The summed E-state index contributed by atoms with van der Waals surface area (Å²) in [5.74, 6) is -0.949. The molecule has 1 spiro atoms. The Morgan fingerprint density at radius 2 is 1.49 bits per heavy atom. The van der Waals surface area contributed by atoms with E-state index in [0.717, 1.165) is 50.7 Å². The highest BCUT2D eigenvalue weighted by Gasteiger charge is 2.60. The Bertz CT molecular complexity index is 968. The van der Waals surface area contributed by atoms with Crippen LogP contribution in [0.5, 0.6) is 0 Å². The van der Waals surface area contributed by atoms with E-state index in [1.165, 1.54) is 24.4 Å². The first-order chi connectivity index (χ1) is 23.7. The first-order valence-electron chi connectivity index (χ1n) is 19.5. The molecule has 11 heteroatoms. The molecule has 4 rings (SSSR count). The number of ketones is 1. The van der Waals surface area contributed by atoms with Gasteiger partial charge in [-0.2, -0.15) is 0 Å². The van der Waals surface area contributed by atoms with Crippen molar-refractivity contribution in [2.75, 3.05) is 25.4 Å². The molecule has 3 N–H and O–H groups in total. The fraction of sp³-hybridized carbons (Fsp3) is 0.816. The van der Waals surface area contributed by atoms with Crippen LogP contribution in [0, 0.1) is 5.92 Å². The van der Waals surface area contributed by atoms with Crippen LogP contribution >= 0.6 is 11.9 Å². The molecule has 4 aliphatic rings. The SMILES string of the molecule is C=CCNC(=O)C(=O)C(CC1CC1)NC(=O)C1CCCN1C(=O)CN1C(=O)C(NSCC)C12CCCCC2.CC.CC.CC.CC.CCC. The number of carbonyl (C=O) groups excluding carboxylic acids is 5. The average molecular weight is 712 g/mol. The van der Waals surface area contributed by atoms with Crippen molar-refractivity contribution in [3.05, 3.63) is 12.7 Å². The van der Waals surface area contributed by atoms with Crippen molar-refractivity contribution in [2.45, 2.75) is 170 Å². The summed E-state index contributed by atoms with van der Waals surface area (Å²) in [5.41, 5.74) is -0.342. The van der Waals surface area contributed by atoms with Gasteiger partial charge in [-0.25, -0.2) is 4.72 Å². The van der Waals surface area contributed by atoms with Crippen LogP contribution in [0.2, 0.25) is 0 Å². The summed E-state index contributed by atoms with van der Waals surface area (Å²) in [6.45, 7) is 26.4. The number of likely N-dealkylation sites (tertiary alicyclic amines) is 2. The van der Waals surface area contributed by atoms with Gasteiger partial charge >= 0.3 is 0 Å². The summed E-state index contributed by atoms with van der Waals surface area (Å²) in [5, 5.41) is 5.28. The number of amides is 4. The maximum absolute atomic E-state index is 13.5. The van der Waals surface area contributed by atoms with E-state index in [9.17, 15) is 24.0 Å². The van der Waals surface area contributed by atoms with Crippen LogP contribution < -0.4 is 15.4 Å². The Morgan fingerprint density at radius 1 is 0.918 bits per heavy atom. The van der Waals surface area contributed by atoms with Crippen LogP contribution in [0.15, 0.2) is 12.7 Å². The van der Waals surface area contributed by atoms with E-state index >= 15 is 0 Å². The van der Waals surface area contributed by atoms with Crippen molar-refractivity contribution in [3.8, 4) is 0 Å². The van der Waals surface area contributed by atoms with Crippen LogP contribution in [0.1, 0.15) is 147 Å². The third-order valence-corrected chi connectivity index (χ3v) is 9.04. The van der Waals surface area contributed by atoms with Gasteiger partial charge in [0.2, 0.25) is 23.5 Å². The molecule has 10 nitrogen and oxygen atoms in total.